The van der Waals surface area contributed by atoms with Gasteiger partial charge in [-0.05, 0) is 36.1 Å². The second kappa shape index (κ2) is 6.41. The molecular weight excluding hydrogens is 310 g/mol. The predicted octanol–water partition coefficient (Wildman–Crippen LogP) is 3.44. The van der Waals surface area contributed by atoms with Gasteiger partial charge in [0.2, 0.25) is 5.95 Å². The van der Waals surface area contributed by atoms with E-state index >= 15 is 0 Å². The zero-order chi connectivity index (χ0) is 15.5. The van der Waals surface area contributed by atoms with Gasteiger partial charge in [0.25, 0.3) is 10.0 Å². The summed E-state index contributed by atoms with van der Waals surface area (Å²) in [4.78, 5) is 7.80. The van der Waals surface area contributed by atoms with Crippen LogP contribution in [0.3, 0.4) is 0 Å². The van der Waals surface area contributed by atoms with Crippen molar-refractivity contribution in [2.45, 2.75) is 31.1 Å². The molecule has 21 heavy (non-hydrogen) atoms. The summed E-state index contributed by atoms with van der Waals surface area (Å²) in [5.74, 6) is 0.347. The smallest absolute Gasteiger partial charge is 0.247 e. The van der Waals surface area contributed by atoms with E-state index in [0.29, 0.717) is 5.92 Å². The van der Waals surface area contributed by atoms with Crippen molar-refractivity contribution in [1.29, 1.82) is 0 Å². The van der Waals surface area contributed by atoms with Crippen LogP contribution in [0.25, 0.3) is 0 Å². The first-order valence-corrected chi connectivity index (χ1v) is 8.40. The molecule has 2 rings (SSSR count). The van der Waals surface area contributed by atoms with E-state index in [1.807, 2.05) is 12.1 Å². The monoisotopic (exact) mass is 325 g/mol. The minimum absolute atomic E-state index is 0.0477. The van der Waals surface area contributed by atoms with Gasteiger partial charge >= 0.3 is 0 Å². The first kappa shape index (κ1) is 15.7. The molecule has 0 aliphatic rings. The van der Waals surface area contributed by atoms with Gasteiger partial charge in [-0.3, -0.25) is 0 Å². The number of sulfonamides is 1. The van der Waals surface area contributed by atoms with E-state index in [1.165, 1.54) is 12.3 Å². The number of halogens is 1. The van der Waals surface area contributed by atoms with E-state index in [0.717, 1.165) is 12.0 Å². The standard InChI is InChI=1S/C14H16ClN3O2S/c1-3-10(2)11-4-6-12(7-5-11)21(19,20)18-14-16-9-8-13(15)17-14/h4-10H,3H2,1-2H3,(H,16,17,18). The molecule has 1 unspecified atom stereocenters. The third-order valence-electron chi connectivity index (χ3n) is 3.22. The summed E-state index contributed by atoms with van der Waals surface area (Å²) < 4.78 is 26.8. The Balaban J connectivity index is 2.23. The SMILES string of the molecule is CCC(C)c1ccc(S(=O)(=O)Nc2nccc(Cl)n2)cc1. The largest absolute Gasteiger partial charge is 0.264 e. The molecule has 0 aliphatic heterocycles. The molecule has 1 atom stereocenters. The van der Waals surface area contributed by atoms with Crippen LogP contribution in [0.1, 0.15) is 31.7 Å². The third-order valence-corrected chi connectivity index (χ3v) is 4.77. The summed E-state index contributed by atoms with van der Waals surface area (Å²) in [6.45, 7) is 4.19. The highest BCUT2D eigenvalue weighted by Crippen LogP contribution is 2.21. The quantitative estimate of drug-likeness (QED) is 0.855. The second-order valence-electron chi connectivity index (χ2n) is 4.69. The molecule has 5 nitrogen and oxygen atoms in total. The predicted molar refractivity (Wildman–Crippen MR) is 83.0 cm³/mol. The van der Waals surface area contributed by atoms with Gasteiger partial charge < -0.3 is 0 Å². The summed E-state index contributed by atoms with van der Waals surface area (Å²) in [5, 5.41) is 0.176. The first-order chi connectivity index (χ1) is 9.92. The van der Waals surface area contributed by atoms with Crippen molar-refractivity contribution in [1.82, 2.24) is 9.97 Å². The number of hydrogen-bond donors (Lipinski definition) is 1. The van der Waals surface area contributed by atoms with Crippen LogP contribution >= 0.6 is 11.6 Å². The lowest BCUT2D eigenvalue weighted by Crippen LogP contribution is -2.15. The molecule has 0 saturated carbocycles. The fourth-order valence-corrected chi connectivity index (χ4v) is 2.86. The Labute approximate surface area is 129 Å². The van der Waals surface area contributed by atoms with E-state index in [4.69, 9.17) is 11.6 Å². The summed E-state index contributed by atoms with van der Waals surface area (Å²) in [5.41, 5.74) is 1.11. The number of benzene rings is 1. The lowest BCUT2D eigenvalue weighted by atomic mass is 9.99. The maximum atomic E-state index is 12.2. The molecule has 0 spiro atoms. The molecule has 2 aromatic rings. The Bertz CT molecular complexity index is 717. The van der Waals surface area contributed by atoms with Crippen LogP contribution in [0.15, 0.2) is 41.4 Å². The van der Waals surface area contributed by atoms with Gasteiger partial charge in [0.1, 0.15) is 5.15 Å². The van der Waals surface area contributed by atoms with E-state index in [1.54, 1.807) is 12.1 Å². The van der Waals surface area contributed by atoms with E-state index in [2.05, 4.69) is 28.5 Å². The van der Waals surface area contributed by atoms with Gasteiger partial charge in [-0.1, -0.05) is 37.6 Å². The van der Waals surface area contributed by atoms with Crippen LogP contribution in [0, 0.1) is 0 Å². The molecular formula is C14H16ClN3O2S. The highest BCUT2D eigenvalue weighted by atomic mass is 35.5. The lowest BCUT2D eigenvalue weighted by molar-refractivity contribution is 0.600. The van der Waals surface area contributed by atoms with Gasteiger partial charge in [0.15, 0.2) is 0 Å². The number of rotatable bonds is 5. The highest BCUT2D eigenvalue weighted by molar-refractivity contribution is 7.92. The molecule has 1 N–H and O–H groups in total. The fraction of sp³-hybridized carbons (Fsp3) is 0.286. The van der Waals surface area contributed by atoms with Crippen LogP contribution in [0.5, 0.6) is 0 Å². The number of nitrogens with zero attached hydrogens (tertiary/aromatic N) is 2. The number of hydrogen-bond acceptors (Lipinski definition) is 4. The van der Waals surface area contributed by atoms with Crippen LogP contribution < -0.4 is 4.72 Å². The van der Waals surface area contributed by atoms with Gasteiger partial charge in [0, 0.05) is 6.20 Å². The van der Waals surface area contributed by atoms with E-state index in [9.17, 15) is 8.42 Å². The minimum Gasteiger partial charge on any atom is -0.247 e. The van der Waals surface area contributed by atoms with Gasteiger partial charge in [-0.2, -0.15) is 0 Å². The van der Waals surface area contributed by atoms with Gasteiger partial charge in [-0.15, -0.1) is 0 Å². The fourth-order valence-electron chi connectivity index (χ4n) is 1.78. The Hall–Kier alpha value is -1.66. The van der Waals surface area contributed by atoms with Crippen LogP contribution in [-0.2, 0) is 10.0 Å². The molecule has 1 heterocycles. The van der Waals surface area contributed by atoms with E-state index in [-0.39, 0.29) is 16.0 Å². The Morgan fingerprint density at radius 3 is 2.48 bits per heavy atom. The topological polar surface area (TPSA) is 72.0 Å². The average Bonchev–Trinajstić information content (AvgIpc) is 2.46. The molecule has 0 fully saturated rings. The summed E-state index contributed by atoms with van der Waals surface area (Å²) in [6, 6.07) is 8.27. The zero-order valence-corrected chi connectivity index (χ0v) is 13.3. The number of nitrogens with one attached hydrogen (secondary N) is 1. The molecule has 0 radical (unpaired) electrons. The highest BCUT2D eigenvalue weighted by Gasteiger charge is 2.16. The molecule has 0 aliphatic carbocycles. The van der Waals surface area contributed by atoms with Gasteiger partial charge in [0.05, 0.1) is 4.90 Å². The normalized spacial score (nSPS) is 12.9. The van der Waals surface area contributed by atoms with Crippen molar-refractivity contribution in [2.24, 2.45) is 0 Å². The van der Waals surface area contributed by atoms with Crippen molar-refractivity contribution in [3.05, 3.63) is 47.2 Å². The lowest BCUT2D eigenvalue weighted by Gasteiger charge is -2.10. The number of anilines is 1. The molecule has 1 aromatic heterocycles. The van der Waals surface area contributed by atoms with Crippen molar-refractivity contribution in [3.8, 4) is 0 Å². The van der Waals surface area contributed by atoms with E-state index < -0.39 is 10.0 Å². The molecule has 112 valence electrons. The summed E-state index contributed by atoms with van der Waals surface area (Å²) in [7, 11) is -3.71. The van der Waals surface area contributed by atoms with Crippen molar-refractivity contribution in [3.63, 3.8) is 0 Å². The van der Waals surface area contributed by atoms with Crippen molar-refractivity contribution in [2.75, 3.05) is 4.72 Å². The molecule has 1 aromatic carbocycles. The maximum absolute atomic E-state index is 12.2. The van der Waals surface area contributed by atoms with Crippen molar-refractivity contribution < 1.29 is 8.42 Å². The maximum Gasteiger partial charge on any atom is 0.264 e. The van der Waals surface area contributed by atoms with Crippen LogP contribution in [0.4, 0.5) is 5.95 Å². The van der Waals surface area contributed by atoms with Crippen LogP contribution in [0.2, 0.25) is 5.15 Å². The van der Waals surface area contributed by atoms with Crippen LogP contribution in [-0.4, -0.2) is 18.4 Å². The van der Waals surface area contributed by atoms with Gasteiger partial charge in [-0.25, -0.2) is 23.1 Å². The average molecular weight is 326 g/mol. The number of aromatic nitrogens is 2. The molecule has 0 bridgehead atoms. The second-order valence-corrected chi connectivity index (χ2v) is 6.76. The Morgan fingerprint density at radius 2 is 1.90 bits per heavy atom. The Kier molecular flexibility index (Phi) is 4.80. The molecule has 7 heteroatoms. The zero-order valence-electron chi connectivity index (χ0n) is 11.7. The first-order valence-electron chi connectivity index (χ1n) is 6.53. The summed E-state index contributed by atoms with van der Waals surface area (Å²) in [6.07, 6.45) is 2.39. The Morgan fingerprint density at radius 1 is 1.24 bits per heavy atom. The third kappa shape index (κ3) is 3.92. The molecule has 0 saturated heterocycles. The minimum atomic E-state index is -3.71. The summed E-state index contributed by atoms with van der Waals surface area (Å²) >= 11 is 5.71. The molecule has 0 amide bonds. The van der Waals surface area contributed by atoms with Crippen molar-refractivity contribution >= 4 is 27.6 Å².